The monoisotopic (exact) mass is 265 g/mol. The predicted molar refractivity (Wildman–Crippen MR) is 72.8 cm³/mol. The molecule has 0 spiro atoms. The first-order chi connectivity index (χ1) is 8.91. The molecule has 1 fully saturated rings. The summed E-state index contributed by atoms with van der Waals surface area (Å²) in [7, 11) is 0. The maximum atomic E-state index is 12.6. The van der Waals surface area contributed by atoms with Crippen molar-refractivity contribution in [2.45, 2.75) is 58.5 Å². The van der Waals surface area contributed by atoms with E-state index in [4.69, 9.17) is 10.3 Å². The summed E-state index contributed by atoms with van der Waals surface area (Å²) in [6, 6.07) is 0.424. The Balaban J connectivity index is 2.16. The number of amides is 1. The van der Waals surface area contributed by atoms with Crippen molar-refractivity contribution in [2.75, 3.05) is 6.54 Å². The first-order valence-electron chi connectivity index (χ1n) is 6.90. The molecule has 1 aromatic heterocycles. The molecule has 0 unspecified atom stereocenters. The molecule has 0 saturated carbocycles. The topological polar surface area (TPSA) is 72.4 Å². The average molecular weight is 265 g/mol. The van der Waals surface area contributed by atoms with Crippen molar-refractivity contribution in [3.05, 3.63) is 17.0 Å². The minimum atomic E-state index is -0.206. The summed E-state index contributed by atoms with van der Waals surface area (Å²) in [4.78, 5) is 14.6. The zero-order valence-electron chi connectivity index (χ0n) is 12.1. The SMILES string of the molecule is Cc1noc(C)c1[C@H](C)C(=O)N1CC[C@H](N)C[C@@H]1C. The Labute approximate surface area is 114 Å². The van der Waals surface area contributed by atoms with Crippen molar-refractivity contribution >= 4 is 5.91 Å². The van der Waals surface area contributed by atoms with Gasteiger partial charge >= 0.3 is 0 Å². The standard InChI is InChI=1S/C14H23N3O2/c1-8-7-12(15)5-6-17(8)14(18)9(2)13-10(3)16-19-11(13)4/h8-9,12H,5-7,15H2,1-4H3/t8-,9-,12-/m0/s1. The van der Waals surface area contributed by atoms with Gasteiger partial charge in [-0.3, -0.25) is 4.79 Å². The van der Waals surface area contributed by atoms with Crippen molar-refractivity contribution < 1.29 is 9.32 Å². The van der Waals surface area contributed by atoms with E-state index in [1.807, 2.05) is 25.7 Å². The van der Waals surface area contributed by atoms with Crippen LogP contribution in [0.15, 0.2) is 4.52 Å². The maximum Gasteiger partial charge on any atom is 0.230 e. The molecule has 0 bridgehead atoms. The third-order valence-corrected chi connectivity index (χ3v) is 4.09. The van der Waals surface area contributed by atoms with Gasteiger partial charge in [0, 0.05) is 24.2 Å². The van der Waals surface area contributed by atoms with E-state index < -0.39 is 0 Å². The normalized spacial score (nSPS) is 25.4. The van der Waals surface area contributed by atoms with E-state index >= 15 is 0 Å². The van der Waals surface area contributed by atoms with Gasteiger partial charge in [-0.05, 0) is 40.5 Å². The number of carbonyl (C=O) groups excluding carboxylic acids is 1. The Morgan fingerprint density at radius 2 is 2.21 bits per heavy atom. The van der Waals surface area contributed by atoms with Gasteiger partial charge in [0.25, 0.3) is 0 Å². The van der Waals surface area contributed by atoms with Gasteiger partial charge < -0.3 is 15.2 Å². The smallest absolute Gasteiger partial charge is 0.230 e. The second-order valence-electron chi connectivity index (χ2n) is 5.62. The van der Waals surface area contributed by atoms with Crippen LogP contribution in [-0.4, -0.2) is 34.6 Å². The van der Waals surface area contributed by atoms with Crippen LogP contribution in [0.2, 0.25) is 0 Å². The number of aromatic nitrogens is 1. The molecule has 0 aromatic carbocycles. The van der Waals surface area contributed by atoms with E-state index in [-0.39, 0.29) is 23.9 Å². The van der Waals surface area contributed by atoms with E-state index in [1.165, 1.54) is 0 Å². The molecule has 1 saturated heterocycles. The molecule has 1 amide bonds. The van der Waals surface area contributed by atoms with Crippen molar-refractivity contribution in [1.82, 2.24) is 10.1 Å². The van der Waals surface area contributed by atoms with Crippen molar-refractivity contribution in [2.24, 2.45) is 5.73 Å². The maximum absolute atomic E-state index is 12.6. The van der Waals surface area contributed by atoms with Crippen LogP contribution in [0.4, 0.5) is 0 Å². The second-order valence-corrected chi connectivity index (χ2v) is 5.62. The van der Waals surface area contributed by atoms with Crippen LogP contribution in [0, 0.1) is 13.8 Å². The van der Waals surface area contributed by atoms with Crippen molar-refractivity contribution in [3.63, 3.8) is 0 Å². The van der Waals surface area contributed by atoms with Gasteiger partial charge in [-0.25, -0.2) is 0 Å². The average Bonchev–Trinajstić information content (AvgIpc) is 2.67. The zero-order valence-corrected chi connectivity index (χ0v) is 12.1. The summed E-state index contributed by atoms with van der Waals surface area (Å²) in [5, 5.41) is 3.93. The van der Waals surface area contributed by atoms with Gasteiger partial charge in [0.1, 0.15) is 5.76 Å². The highest BCUT2D eigenvalue weighted by molar-refractivity contribution is 5.84. The molecule has 0 radical (unpaired) electrons. The van der Waals surface area contributed by atoms with E-state index in [2.05, 4.69) is 12.1 Å². The molecule has 106 valence electrons. The van der Waals surface area contributed by atoms with Crippen LogP contribution in [-0.2, 0) is 4.79 Å². The number of aryl methyl sites for hydroxylation is 2. The van der Waals surface area contributed by atoms with Crippen LogP contribution in [0.25, 0.3) is 0 Å². The highest BCUT2D eigenvalue weighted by atomic mass is 16.5. The lowest BCUT2D eigenvalue weighted by molar-refractivity contribution is -0.135. The van der Waals surface area contributed by atoms with Crippen molar-refractivity contribution in [3.8, 4) is 0 Å². The van der Waals surface area contributed by atoms with Gasteiger partial charge in [-0.15, -0.1) is 0 Å². The van der Waals surface area contributed by atoms with Crippen LogP contribution in [0.5, 0.6) is 0 Å². The number of likely N-dealkylation sites (tertiary alicyclic amines) is 1. The van der Waals surface area contributed by atoms with Crippen LogP contribution in [0.3, 0.4) is 0 Å². The molecule has 1 aliphatic rings. The van der Waals surface area contributed by atoms with Crippen LogP contribution in [0.1, 0.15) is 49.6 Å². The van der Waals surface area contributed by atoms with E-state index in [1.54, 1.807) is 0 Å². The first-order valence-corrected chi connectivity index (χ1v) is 6.90. The molecule has 5 nitrogen and oxygen atoms in total. The minimum absolute atomic E-state index is 0.147. The minimum Gasteiger partial charge on any atom is -0.361 e. The summed E-state index contributed by atoms with van der Waals surface area (Å²) in [6.45, 7) is 8.47. The molecule has 1 aliphatic heterocycles. The molecule has 19 heavy (non-hydrogen) atoms. The Kier molecular flexibility index (Phi) is 3.94. The number of rotatable bonds is 2. The van der Waals surface area contributed by atoms with Gasteiger partial charge in [-0.1, -0.05) is 5.16 Å². The molecule has 3 atom stereocenters. The highest BCUT2D eigenvalue weighted by Crippen LogP contribution is 2.27. The number of nitrogens with two attached hydrogens (primary N) is 1. The molecule has 1 aromatic rings. The summed E-state index contributed by atoms with van der Waals surface area (Å²) >= 11 is 0. The van der Waals surface area contributed by atoms with Gasteiger partial charge in [-0.2, -0.15) is 0 Å². The number of hydrogen-bond donors (Lipinski definition) is 1. The lowest BCUT2D eigenvalue weighted by Gasteiger charge is -2.37. The first kappa shape index (κ1) is 14.1. The molecule has 2 rings (SSSR count). The van der Waals surface area contributed by atoms with Crippen LogP contribution < -0.4 is 5.73 Å². The van der Waals surface area contributed by atoms with E-state index in [0.29, 0.717) is 0 Å². The molecule has 5 heteroatoms. The fourth-order valence-electron chi connectivity index (χ4n) is 3.02. The molecule has 2 heterocycles. The quantitative estimate of drug-likeness (QED) is 0.884. The highest BCUT2D eigenvalue weighted by Gasteiger charge is 2.32. The third kappa shape index (κ3) is 2.66. The predicted octanol–water partition coefficient (Wildman–Crippen LogP) is 1.73. The van der Waals surface area contributed by atoms with Gasteiger partial charge in [0.15, 0.2) is 0 Å². The van der Waals surface area contributed by atoms with Crippen LogP contribution >= 0.6 is 0 Å². The largest absolute Gasteiger partial charge is 0.361 e. The summed E-state index contributed by atoms with van der Waals surface area (Å²) in [5.41, 5.74) is 7.67. The zero-order chi connectivity index (χ0) is 14.2. The molecule has 0 aliphatic carbocycles. The van der Waals surface area contributed by atoms with E-state index in [0.717, 1.165) is 36.4 Å². The Morgan fingerprint density at radius 3 is 2.74 bits per heavy atom. The fraction of sp³-hybridized carbons (Fsp3) is 0.714. The summed E-state index contributed by atoms with van der Waals surface area (Å²) in [6.07, 6.45) is 1.75. The lowest BCUT2D eigenvalue weighted by atomic mass is 9.93. The Bertz CT molecular complexity index is 450. The van der Waals surface area contributed by atoms with E-state index in [9.17, 15) is 4.79 Å². The molecular formula is C14H23N3O2. The summed E-state index contributed by atoms with van der Waals surface area (Å²) < 4.78 is 5.16. The Morgan fingerprint density at radius 1 is 1.53 bits per heavy atom. The fourth-order valence-corrected chi connectivity index (χ4v) is 3.02. The Hall–Kier alpha value is -1.36. The number of hydrogen-bond acceptors (Lipinski definition) is 4. The second kappa shape index (κ2) is 5.33. The van der Waals surface area contributed by atoms with Crippen molar-refractivity contribution in [1.29, 1.82) is 0 Å². The number of piperidine rings is 1. The van der Waals surface area contributed by atoms with Gasteiger partial charge in [0.05, 0.1) is 11.6 Å². The number of carbonyl (C=O) groups is 1. The third-order valence-electron chi connectivity index (χ3n) is 4.09. The lowest BCUT2D eigenvalue weighted by Crippen LogP contribution is -2.49. The van der Waals surface area contributed by atoms with Gasteiger partial charge in [0.2, 0.25) is 5.91 Å². The molecular weight excluding hydrogens is 242 g/mol. The summed E-state index contributed by atoms with van der Waals surface area (Å²) in [5.74, 6) is 0.677. The molecule has 2 N–H and O–H groups in total. The number of nitrogens with zero attached hydrogens (tertiary/aromatic N) is 2.